The number of hydrogen-bond acceptors (Lipinski definition) is 5. The molecule has 19 heavy (non-hydrogen) atoms. The molecule has 1 aliphatic rings. The SMILES string of the molecule is CCOC(=O)C1CC(c2ccc(OC)c(F)c2)NN1. The van der Waals surface area contributed by atoms with Crippen molar-refractivity contribution >= 4 is 5.97 Å². The first-order chi connectivity index (χ1) is 9.15. The normalized spacial score (nSPS) is 22.3. The topological polar surface area (TPSA) is 59.6 Å². The molecule has 2 rings (SSSR count). The number of carbonyl (C=O) groups excluding carboxylic acids is 1. The fourth-order valence-corrected chi connectivity index (χ4v) is 2.07. The van der Waals surface area contributed by atoms with Crippen molar-refractivity contribution in [3.63, 3.8) is 0 Å². The number of carbonyl (C=O) groups is 1. The number of hydrazine groups is 1. The van der Waals surface area contributed by atoms with Gasteiger partial charge in [0.25, 0.3) is 0 Å². The van der Waals surface area contributed by atoms with Crippen LogP contribution in [0.3, 0.4) is 0 Å². The van der Waals surface area contributed by atoms with Gasteiger partial charge >= 0.3 is 5.97 Å². The quantitative estimate of drug-likeness (QED) is 0.806. The average molecular weight is 268 g/mol. The van der Waals surface area contributed by atoms with Crippen molar-refractivity contribution in [3.05, 3.63) is 29.6 Å². The molecule has 0 saturated carbocycles. The number of methoxy groups -OCH3 is 1. The lowest BCUT2D eigenvalue weighted by Gasteiger charge is -2.11. The monoisotopic (exact) mass is 268 g/mol. The summed E-state index contributed by atoms with van der Waals surface area (Å²) in [5.74, 6) is -0.510. The molecular weight excluding hydrogens is 251 g/mol. The third-order valence-corrected chi connectivity index (χ3v) is 3.05. The van der Waals surface area contributed by atoms with E-state index in [1.807, 2.05) is 0 Å². The molecule has 0 spiro atoms. The number of esters is 1. The van der Waals surface area contributed by atoms with E-state index in [2.05, 4.69) is 10.9 Å². The van der Waals surface area contributed by atoms with E-state index in [-0.39, 0.29) is 17.8 Å². The number of benzene rings is 1. The third-order valence-electron chi connectivity index (χ3n) is 3.05. The van der Waals surface area contributed by atoms with Crippen LogP contribution in [0.4, 0.5) is 4.39 Å². The number of ether oxygens (including phenoxy) is 2. The first-order valence-corrected chi connectivity index (χ1v) is 6.16. The van der Waals surface area contributed by atoms with Crippen LogP contribution in [-0.2, 0) is 9.53 Å². The molecule has 1 saturated heterocycles. The fraction of sp³-hybridized carbons (Fsp3) is 0.462. The molecule has 2 atom stereocenters. The summed E-state index contributed by atoms with van der Waals surface area (Å²) in [7, 11) is 1.42. The molecule has 1 fully saturated rings. The Morgan fingerprint density at radius 3 is 2.89 bits per heavy atom. The molecule has 5 nitrogen and oxygen atoms in total. The van der Waals surface area contributed by atoms with Crippen molar-refractivity contribution in [1.29, 1.82) is 0 Å². The van der Waals surface area contributed by atoms with E-state index in [0.29, 0.717) is 13.0 Å². The molecule has 0 bridgehead atoms. The molecule has 2 N–H and O–H groups in total. The minimum atomic E-state index is -0.415. The lowest BCUT2D eigenvalue weighted by molar-refractivity contribution is -0.145. The van der Waals surface area contributed by atoms with Gasteiger partial charge in [-0.15, -0.1) is 0 Å². The van der Waals surface area contributed by atoms with E-state index < -0.39 is 11.9 Å². The van der Waals surface area contributed by atoms with Gasteiger partial charge in [0.2, 0.25) is 0 Å². The molecule has 1 aliphatic heterocycles. The first kappa shape index (κ1) is 13.8. The average Bonchev–Trinajstić information content (AvgIpc) is 2.88. The Balaban J connectivity index is 2.04. The molecule has 0 radical (unpaired) electrons. The van der Waals surface area contributed by atoms with Gasteiger partial charge < -0.3 is 9.47 Å². The zero-order valence-electron chi connectivity index (χ0n) is 10.9. The third kappa shape index (κ3) is 3.02. The molecule has 6 heteroatoms. The summed E-state index contributed by atoms with van der Waals surface area (Å²) in [6, 6.07) is 4.22. The summed E-state index contributed by atoms with van der Waals surface area (Å²) in [6.45, 7) is 2.11. The second kappa shape index (κ2) is 5.99. The largest absolute Gasteiger partial charge is 0.494 e. The molecule has 104 valence electrons. The van der Waals surface area contributed by atoms with Crippen molar-refractivity contribution in [2.45, 2.75) is 25.4 Å². The van der Waals surface area contributed by atoms with Crippen LogP contribution < -0.4 is 15.6 Å². The fourth-order valence-electron chi connectivity index (χ4n) is 2.07. The van der Waals surface area contributed by atoms with Gasteiger partial charge in [0, 0.05) is 6.04 Å². The van der Waals surface area contributed by atoms with E-state index >= 15 is 0 Å². The van der Waals surface area contributed by atoms with Gasteiger partial charge in [-0.3, -0.25) is 4.79 Å². The van der Waals surface area contributed by atoms with Crippen LogP contribution in [0, 0.1) is 5.82 Å². The van der Waals surface area contributed by atoms with Crippen LogP contribution in [0.5, 0.6) is 5.75 Å². The van der Waals surface area contributed by atoms with E-state index in [4.69, 9.17) is 9.47 Å². The maximum atomic E-state index is 13.6. The van der Waals surface area contributed by atoms with Crippen LogP contribution in [0.25, 0.3) is 0 Å². The van der Waals surface area contributed by atoms with Crippen molar-refractivity contribution in [2.75, 3.05) is 13.7 Å². The zero-order chi connectivity index (χ0) is 13.8. The number of nitrogens with one attached hydrogen (secondary N) is 2. The Morgan fingerprint density at radius 1 is 1.47 bits per heavy atom. The van der Waals surface area contributed by atoms with Crippen LogP contribution in [-0.4, -0.2) is 25.7 Å². The molecular formula is C13H17FN2O3. The van der Waals surface area contributed by atoms with Gasteiger partial charge in [0.05, 0.1) is 13.7 Å². The van der Waals surface area contributed by atoms with Gasteiger partial charge in [-0.25, -0.2) is 15.2 Å². The maximum Gasteiger partial charge on any atom is 0.324 e. The minimum Gasteiger partial charge on any atom is -0.494 e. The van der Waals surface area contributed by atoms with Crippen molar-refractivity contribution in [1.82, 2.24) is 10.9 Å². The molecule has 0 amide bonds. The predicted octanol–water partition coefficient (Wildman–Crippen LogP) is 1.30. The van der Waals surface area contributed by atoms with Gasteiger partial charge in [-0.2, -0.15) is 0 Å². The molecule has 1 heterocycles. The number of halogens is 1. The van der Waals surface area contributed by atoms with Gasteiger partial charge in [-0.05, 0) is 31.0 Å². The smallest absolute Gasteiger partial charge is 0.324 e. The van der Waals surface area contributed by atoms with Crippen LogP contribution in [0.15, 0.2) is 18.2 Å². The van der Waals surface area contributed by atoms with Crippen molar-refractivity contribution < 1.29 is 18.7 Å². The van der Waals surface area contributed by atoms with Gasteiger partial charge in [-0.1, -0.05) is 6.07 Å². The number of hydrogen-bond donors (Lipinski definition) is 2. The number of rotatable bonds is 4. The van der Waals surface area contributed by atoms with E-state index in [1.54, 1.807) is 19.1 Å². The summed E-state index contributed by atoms with van der Waals surface area (Å²) in [5.41, 5.74) is 6.59. The second-order valence-electron chi connectivity index (χ2n) is 4.28. The second-order valence-corrected chi connectivity index (χ2v) is 4.28. The Kier molecular flexibility index (Phi) is 4.34. The lowest BCUT2D eigenvalue weighted by Crippen LogP contribution is -2.37. The van der Waals surface area contributed by atoms with Crippen molar-refractivity contribution in [2.24, 2.45) is 0 Å². The standard InChI is InChI=1S/C13H17FN2O3/c1-3-19-13(17)11-7-10(15-16-11)8-4-5-12(18-2)9(14)6-8/h4-6,10-11,15-16H,3,7H2,1-2H3. The highest BCUT2D eigenvalue weighted by Crippen LogP contribution is 2.26. The Labute approximate surface area is 111 Å². The summed E-state index contributed by atoms with van der Waals surface area (Å²) < 4.78 is 23.4. The Morgan fingerprint density at radius 2 is 2.26 bits per heavy atom. The zero-order valence-corrected chi connectivity index (χ0v) is 10.9. The highest BCUT2D eigenvalue weighted by molar-refractivity contribution is 5.76. The van der Waals surface area contributed by atoms with E-state index in [1.165, 1.54) is 13.2 Å². The lowest BCUT2D eigenvalue weighted by atomic mass is 10.0. The summed E-state index contributed by atoms with van der Waals surface area (Å²) in [6.07, 6.45) is 0.518. The van der Waals surface area contributed by atoms with E-state index in [0.717, 1.165) is 5.56 Å². The molecule has 1 aromatic carbocycles. The molecule has 2 unspecified atom stereocenters. The van der Waals surface area contributed by atoms with Crippen molar-refractivity contribution in [3.8, 4) is 5.75 Å². The molecule has 0 aliphatic carbocycles. The first-order valence-electron chi connectivity index (χ1n) is 6.16. The predicted molar refractivity (Wildman–Crippen MR) is 67.0 cm³/mol. The van der Waals surface area contributed by atoms with E-state index in [9.17, 15) is 9.18 Å². The minimum absolute atomic E-state index is 0.130. The summed E-state index contributed by atoms with van der Waals surface area (Å²) in [4.78, 5) is 11.6. The van der Waals surface area contributed by atoms with Gasteiger partial charge in [0.1, 0.15) is 6.04 Å². The summed E-state index contributed by atoms with van der Waals surface area (Å²) in [5, 5.41) is 0. The maximum absolute atomic E-state index is 13.6. The highest BCUT2D eigenvalue weighted by atomic mass is 19.1. The molecule has 1 aromatic rings. The van der Waals surface area contributed by atoms with Crippen LogP contribution in [0.1, 0.15) is 24.9 Å². The highest BCUT2D eigenvalue weighted by Gasteiger charge is 2.31. The summed E-state index contributed by atoms with van der Waals surface area (Å²) >= 11 is 0. The Bertz CT molecular complexity index is 467. The van der Waals surface area contributed by atoms with Crippen LogP contribution >= 0.6 is 0 Å². The Hall–Kier alpha value is -1.66. The van der Waals surface area contributed by atoms with Crippen LogP contribution in [0.2, 0.25) is 0 Å². The van der Waals surface area contributed by atoms with Gasteiger partial charge in [0.15, 0.2) is 11.6 Å². The molecule has 0 aromatic heterocycles.